The molecule has 0 radical (unpaired) electrons. The van der Waals surface area contributed by atoms with Crippen molar-refractivity contribution in [2.75, 3.05) is 0 Å². The molecular weight excluding hydrogens is 452 g/mol. The van der Waals surface area contributed by atoms with Crippen LogP contribution in [0.5, 0.6) is 0 Å². The smallest absolute Gasteiger partial charge is 0.262 e. The lowest BCUT2D eigenvalue weighted by molar-refractivity contribution is 0.107. The lowest BCUT2D eigenvalue weighted by Crippen LogP contribution is -2.43. The van der Waals surface area contributed by atoms with Crippen LogP contribution in [0.25, 0.3) is 0 Å². The molecule has 1 aromatic rings. The highest BCUT2D eigenvalue weighted by atomic mass is 79.9. The highest BCUT2D eigenvalue weighted by Crippen LogP contribution is 2.38. The molecule has 1 N–H and O–H groups in total. The Morgan fingerprint density at radius 3 is 2.19 bits per heavy atom. The van der Waals surface area contributed by atoms with Crippen molar-refractivity contribution >= 4 is 35.6 Å². The minimum absolute atomic E-state index is 0.0211. The van der Waals surface area contributed by atoms with Gasteiger partial charge >= 0.3 is 0 Å². The quantitative estimate of drug-likeness (QED) is 0.363. The molecule has 2 unspecified atom stereocenters. The van der Waals surface area contributed by atoms with E-state index in [1.165, 1.54) is 0 Å². The van der Waals surface area contributed by atoms with Crippen LogP contribution >= 0.6 is 15.9 Å². The number of halogens is 3. The fourth-order valence-electron chi connectivity index (χ4n) is 2.02. The summed E-state index contributed by atoms with van der Waals surface area (Å²) in [6.07, 6.45) is -2.69. The highest BCUT2D eigenvalue weighted by Gasteiger charge is 2.38. The van der Waals surface area contributed by atoms with E-state index in [1.807, 2.05) is 0 Å². The monoisotopic (exact) mass is 483 g/mol. The van der Waals surface area contributed by atoms with Gasteiger partial charge in [-0.1, -0.05) is 42.8 Å². The van der Waals surface area contributed by atoms with E-state index in [4.69, 9.17) is 4.43 Å². The Kier molecular flexibility index (Phi) is 8.55. The van der Waals surface area contributed by atoms with Gasteiger partial charge in [-0.25, -0.2) is 8.78 Å². The molecule has 27 heavy (non-hydrogen) atoms. The maximum Gasteiger partial charge on any atom is 0.262 e. The Morgan fingerprint density at radius 2 is 1.74 bits per heavy atom. The van der Waals surface area contributed by atoms with Crippen molar-refractivity contribution in [3.8, 4) is 0 Å². The van der Waals surface area contributed by atoms with E-state index in [0.717, 1.165) is 4.47 Å². The summed E-state index contributed by atoms with van der Waals surface area (Å²) >= 11 is 1.80. The summed E-state index contributed by atoms with van der Waals surface area (Å²) in [5.41, 5.74) is 1.10. The predicted octanol–water partition coefficient (Wildman–Crippen LogP) is 6.33. The molecule has 0 bridgehead atoms. The summed E-state index contributed by atoms with van der Waals surface area (Å²) in [6.45, 7) is 16.2. The Morgan fingerprint density at radius 1 is 1.19 bits per heavy atom. The van der Waals surface area contributed by atoms with Crippen LogP contribution in [-0.4, -0.2) is 24.0 Å². The van der Waals surface area contributed by atoms with Gasteiger partial charge in [-0.2, -0.15) is 0 Å². The molecule has 0 aliphatic rings. The van der Waals surface area contributed by atoms with Crippen LogP contribution in [-0.2, 0) is 22.4 Å². The minimum Gasteiger partial charge on any atom is -0.598 e. The lowest BCUT2D eigenvalue weighted by atomic mass is 10.0. The first-order valence-electron chi connectivity index (χ1n) is 8.95. The summed E-state index contributed by atoms with van der Waals surface area (Å²) in [6, 6.07) is 3.86. The van der Waals surface area contributed by atoms with Gasteiger partial charge in [0.1, 0.15) is 10.8 Å². The van der Waals surface area contributed by atoms with Gasteiger partial charge in [0.05, 0.1) is 6.61 Å². The molecule has 1 aromatic carbocycles. The zero-order valence-electron chi connectivity index (χ0n) is 17.5. The van der Waals surface area contributed by atoms with Crippen molar-refractivity contribution in [3.63, 3.8) is 0 Å². The predicted molar refractivity (Wildman–Crippen MR) is 116 cm³/mol. The van der Waals surface area contributed by atoms with E-state index in [-0.39, 0.29) is 11.6 Å². The molecule has 0 aliphatic heterocycles. The molecule has 0 amide bonds. The summed E-state index contributed by atoms with van der Waals surface area (Å²) in [5.74, 6) is 0. The lowest BCUT2D eigenvalue weighted by Gasteiger charge is -2.36. The second-order valence-electron chi connectivity index (χ2n) is 9.20. The number of hydrogen-bond donors (Lipinski definition) is 1. The first kappa shape index (κ1) is 25.0. The Balaban J connectivity index is 3.19. The Hall–Kier alpha value is 0.00688. The molecule has 156 valence electrons. The molecule has 0 fully saturated rings. The van der Waals surface area contributed by atoms with Gasteiger partial charge in [0.2, 0.25) is 0 Å². The fourth-order valence-corrected chi connectivity index (χ4v) is 4.19. The van der Waals surface area contributed by atoms with Gasteiger partial charge in [0.25, 0.3) is 6.43 Å². The maximum atomic E-state index is 13.8. The van der Waals surface area contributed by atoms with E-state index >= 15 is 0 Å². The Bertz CT molecular complexity index is 633. The summed E-state index contributed by atoms with van der Waals surface area (Å²) in [7, 11) is -2.04. The van der Waals surface area contributed by atoms with E-state index in [2.05, 4.69) is 54.5 Å². The molecule has 0 heterocycles. The SMILES string of the molecule is CC(C)(C)[S+]([O-])NC(c1ccc(Br)cc1CO[Si](C)(C)C(C)(C)C)C(F)F. The van der Waals surface area contributed by atoms with Gasteiger partial charge in [-0.3, -0.25) is 0 Å². The average molecular weight is 485 g/mol. The average Bonchev–Trinajstić information content (AvgIpc) is 2.48. The third-order valence-corrected chi connectivity index (χ3v) is 11.4. The standard InChI is InChI=1S/C19H32BrF2NO2SSi/c1-18(2,3)26(24)23-16(17(21)22)15-10-9-14(20)11-13(15)12-25-27(7,8)19(4,5)6/h9-11,16-17,23H,12H2,1-8H3. The first-order chi connectivity index (χ1) is 12.1. The molecule has 0 saturated carbocycles. The number of hydrogen-bond acceptors (Lipinski definition) is 3. The van der Waals surface area contributed by atoms with Crippen molar-refractivity contribution in [2.24, 2.45) is 0 Å². The summed E-state index contributed by atoms with van der Waals surface area (Å²) in [5, 5.41) is 0.0211. The van der Waals surface area contributed by atoms with Gasteiger partial charge in [0.15, 0.2) is 8.32 Å². The molecule has 0 spiro atoms. The molecule has 8 heteroatoms. The van der Waals surface area contributed by atoms with Crippen molar-refractivity contribution in [1.29, 1.82) is 0 Å². The van der Waals surface area contributed by atoms with Crippen molar-refractivity contribution in [3.05, 3.63) is 33.8 Å². The zero-order chi connectivity index (χ0) is 21.2. The molecular formula is C19H32BrF2NO2SSi. The highest BCUT2D eigenvalue weighted by molar-refractivity contribution is 9.10. The van der Waals surface area contributed by atoms with Crippen molar-refractivity contribution in [2.45, 2.75) is 83.5 Å². The molecule has 1 rings (SSSR count). The number of alkyl halides is 2. The summed E-state index contributed by atoms with van der Waals surface area (Å²) < 4.78 is 49.1. The number of benzene rings is 1. The number of rotatable bonds is 7. The normalized spacial score (nSPS) is 15.9. The van der Waals surface area contributed by atoms with Gasteiger partial charge < -0.3 is 8.98 Å². The third kappa shape index (κ3) is 7.08. The third-order valence-electron chi connectivity index (χ3n) is 4.88. The fraction of sp³-hybridized carbons (Fsp3) is 0.684. The van der Waals surface area contributed by atoms with Crippen LogP contribution in [0.3, 0.4) is 0 Å². The van der Waals surface area contributed by atoms with Gasteiger partial charge in [0, 0.05) is 15.8 Å². The topological polar surface area (TPSA) is 44.3 Å². The van der Waals surface area contributed by atoms with Crippen molar-refractivity contribution in [1.82, 2.24) is 4.72 Å². The van der Waals surface area contributed by atoms with Gasteiger partial charge in [-0.05, 0) is 62.2 Å². The summed E-state index contributed by atoms with van der Waals surface area (Å²) in [4.78, 5) is 0. The number of nitrogens with one attached hydrogen (secondary N) is 1. The van der Waals surface area contributed by atoms with E-state index < -0.39 is 36.9 Å². The van der Waals surface area contributed by atoms with Gasteiger partial charge in [-0.15, -0.1) is 4.72 Å². The van der Waals surface area contributed by atoms with Crippen LogP contribution in [0, 0.1) is 0 Å². The molecule has 2 atom stereocenters. The first-order valence-corrected chi connectivity index (χ1v) is 13.8. The Labute approximate surface area is 175 Å². The van der Waals surface area contributed by atoms with Crippen LogP contribution in [0.1, 0.15) is 58.7 Å². The van der Waals surface area contributed by atoms with Crippen LogP contribution in [0.4, 0.5) is 8.78 Å². The molecule has 3 nitrogen and oxygen atoms in total. The molecule has 0 aromatic heterocycles. The van der Waals surface area contributed by atoms with E-state index in [9.17, 15) is 13.3 Å². The van der Waals surface area contributed by atoms with E-state index in [0.29, 0.717) is 11.1 Å². The molecule has 0 aliphatic carbocycles. The van der Waals surface area contributed by atoms with Crippen LogP contribution in [0.2, 0.25) is 18.1 Å². The second kappa shape index (κ2) is 9.22. The van der Waals surface area contributed by atoms with E-state index in [1.54, 1.807) is 39.0 Å². The maximum absolute atomic E-state index is 13.8. The minimum atomic E-state index is -2.69. The molecule has 0 saturated heterocycles. The zero-order valence-corrected chi connectivity index (χ0v) is 20.9. The second-order valence-corrected chi connectivity index (χ2v) is 16.9. The largest absolute Gasteiger partial charge is 0.598 e. The van der Waals surface area contributed by atoms with Crippen LogP contribution in [0.15, 0.2) is 22.7 Å². The van der Waals surface area contributed by atoms with Crippen molar-refractivity contribution < 1.29 is 17.8 Å². The van der Waals surface area contributed by atoms with Crippen LogP contribution < -0.4 is 4.72 Å².